The van der Waals surface area contributed by atoms with E-state index < -0.39 is 35.6 Å². The van der Waals surface area contributed by atoms with Crippen molar-refractivity contribution in [3.63, 3.8) is 0 Å². The summed E-state index contributed by atoms with van der Waals surface area (Å²) in [7, 11) is 0. The number of fused-ring (bicyclic) bond motifs is 1. The summed E-state index contributed by atoms with van der Waals surface area (Å²) in [4.78, 5) is 23.9. The van der Waals surface area contributed by atoms with Crippen LogP contribution in [-0.2, 0) is 11.2 Å². The summed E-state index contributed by atoms with van der Waals surface area (Å²) in [5, 5.41) is 15.1. The highest BCUT2D eigenvalue weighted by Gasteiger charge is 2.31. The van der Waals surface area contributed by atoms with Gasteiger partial charge < -0.3 is 15.7 Å². The number of benzene rings is 2. The first-order valence-corrected chi connectivity index (χ1v) is 7.73. The van der Waals surface area contributed by atoms with Gasteiger partial charge in [-0.1, -0.05) is 24.3 Å². The molecule has 2 aromatic rings. The van der Waals surface area contributed by atoms with Gasteiger partial charge in [0.2, 0.25) is 5.91 Å². The predicted octanol–water partition coefficient (Wildman–Crippen LogP) is 1.47. The molecule has 0 spiro atoms. The Bertz CT molecular complexity index is 805. The van der Waals surface area contributed by atoms with Crippen molar-refractivity contribution in [2.24, 2.45) is 0 Å². The molecule has 1 aliphatic rings. The molecule has 2 amide bonds. The van der Waals surface area contributed by atoms with Crippen molar-refractivity contribution in [3.8, 4) is 0 Å². The van der Waals surface area contributed by atoms with Crippen LogP contribution in [0.5, 0.6) is 0 Å². The Morgan fingerprint density at radius 2 is 1.80 bits per heavy atom. The molecule has 130 valence electrons. The monoisotopic (exact) mass is 346 g/mol. The first kappa shape index (κ1) is 17.0. The van der Waals surface area contributed by atoms with Gasteiger partial charge in [0.15, 0.2) is 0 Å². The summed E-state index contributed by atoms with van der Waals surface area (Å²) in [6, 6.07) is 9.25. The van der Waals surface area contributed by atoms with E-state index in [0.29, 0.717) is 12.5 Å². The van der Waals surface area contributed by atoms with E-state index in [1.54, 1.807) is 0 Å². The Balaban J connectivity index is 1.59. The summed E-state index contributed by atoms with van der Waals surface area (Å²) in [5.74, 6) is -3.02. The molecule has 2 atom stereocenters. The van der Waals surface area contributed by atoms with Crippen LogP contribution in [0.3, 0.4) is 0 Å². The molecule has 0 radical (unpaired) electrons. The number of aliphatic hydroxyl groups is 1. The second-order valence-electron chi connectivity index (χ2n) is 5.86. The average molecular weight is 346 g/mol. The number of carbonyl (C=O) groups is 2. The highest BCUT2D eigenvalue weighted by atomic mass is 19.1. The van der Waals surface area contributed by atoms with Crippen molar-refractivity contribution >= 4 is 11.8 Å². The Hall–Kier alpha value is -2.80. The van der Waals surface area contributed by atoms with Gasteiger partial charge in [0.05, 0.1) is 18.7 Å². The van der Waals surface area contributed by atoms with E-state index in [4.69, 9.17) is 0 Å². The van der Waals surface area contributed by atoms with E-state index >= 15 is 0 Å². The number of hydrogen-bond donors (Lipinski definition) is 3. The zero-order chi connectivity index (χ0) is 18.0. The zero-order valence-electron chi connectivity index (χ0n) is 13.1. The third kappa shape index (κ3) is 3.83. The van der Waals surface area contributed by atoms with E-state index in [1.165, 1.54) is 0 Å². The Labute approximate surface area is 142 Å². The molecule has 3 N–H and O–H groups in total. The molecule has 0 saturated heterocycles. The van der Waals surface area contributed by atoms with Crippen molar-refractivity contribution in [1.82, 2.24) is 10.6 Å². The highest BCUT2D eigenvalue weighted by molar-refractivity contribution is 5.96. The molecule has 7 heteroatoms. The summed E-state index contributed by atoms with van der Waals surface area (Å²) in [6.45, 7) is -0.373. The van der Waals surface area contributed by atoms with Crippen LogP contribution in [0.1, 0.15) is 27.5 Å². The van der Waals surface area contributed by atoms with Gasteiger partial charge in [-0.3, -0.25) is 9.59 Å². The van der Waals surface area contributed by atoms with Gasteiger partial charge in [0.25, 0.3) is 5.91 Å². The molecule has 25 heavy (non-hydrogen) atoms. The number of nitrogens with one attached hydrogen (secondary N) is 2. The van der Waals surface area contributed by atoms with Gasteiger partial charge in [-0.15, -0.1) is 0 Å². The van der Waals surface area contributed by atoms with Crippen molar-refractivity contribution in [3.05, 3.63) is 70.8 Å². The molecule has 5 nitrogen and oxygen atoms in total. The molecular formula is C18H16F2N2O3. The highest BCUT2D eigenvalue weighted by Crippen LogP contribution is 2.30. The van der Waals surface area contributed by atoms with Gasteiger partial charge >= 0.3 is 0 Å². The number of carbonyl (C=O) groups excluding carboxylic acids is 2. The Morgan fingerprint density at radius 1 is 1.12 bits per heavy atom. The second-order valence-corrected chi connectivity index (χ2v) is 5.86. The third-order valence-corrected chi connectivity index (χ3v) is 4.05. The molecule has 0 bridgehead atoms. The van der Waals surface area contributed by atoms with E-state index in [2.05, 4.69) is 10.6 Å². The molecule has 0 aromatic heterocycles. The second kappa shape index (κ2) is 6.98. The number of aliphatic hydroxyl groups excluding tert-OH is 1. The van der Waals surface area contributed by atoms with E-state index in [9.17, 15) is 23.5 Å². The van der Waals surface area contributed by atoms with Crippen LogP contribution in [0.25, 0.3) is 0 Å². The molecule has 3 rings (SSSR count). The number of rotatable bonds is 4. The first-order chi connectivity index (χ1) is 11.9. The summed E-state index contributed by atoms with van der Waals surface area (Å²) in [5.41, 5.74) is 1.58. The minimum absolute atomic E-state index is 0.212. The van der Waals surface area contributed by atoms with Gasteiger partial charge in [0, 0.05) is 18.1 Å². The van der Waals surface area contributed by atoms with Gasteiger partial charge in [-0.2, -0.15) is 0 Å². The third-order valence-electron chi connectivity index (χ3n) is 4.05. The van der Waals surface area contributed by atoms with Crippen LogP contribution in [0, 0.1) is 11.6 Å². The topological polar surface area (TPSA) is 78.4 Å². The molecule has 0 saturated carbocycles. The Morgan fingerprint density at radius 3 is 2.52 bits per heavy atom. The smallest absolute Gasteiger partial charge is 0.251 e. The Kier molecular flexibility index (Phi) is 4.76. The standard InChI is InChI=1S/C18H16F2N2O3/c19-12-5-11(6-13(20)8-12)18(25)21-9-16(24)22-17-14-4-2-1-3-10(14)7-15(17)23/h1-6,8,15,17,23H,7,9H2,(H,21,25)(H,22,24)/t15-,17+/m1/s1. The largest absolute Gasteiger partial charge is 0.390 e. The molecule has 0 fully saturated rings. The minimum atomic E-state index is -0.875. The number of hydrogen-bond acceptors (Lipinski definition) is 3. The van der Waals surface area contributed by atoms with Gasteiger partial charge in [0.1, 0.15) is 11.6 Å². The van der Waals surface area contributed by atoms with Crippen molar-refractivity contribution < 1.29 is 23.5 Å². The first-order valence-electron chi connectivity index (χ1n) is 7.73. The molecule has 2 aromatic carbocycles. The van der Waals surface area contributed by atoms with Crippen LogP contribution >= 0.6 is 0 Å². The quantitative estimate of drug-likeness (QED) is 0.784. The van der Waals surface area contributed by atoms with Crippen LogP contribution < -0.4 is 10.6 Å². The number of amides is 2. The fourth-order valence-corrected chi connectivity index (χ4v) is 2.92. The van der Waals surface area contributed by atoms with Crippen LogP contribution in [0.15, 0.2) is 42.5 Å². The van der Waals surface area contributed by atoms with Crippen molar-refractivity contribution in [1.29, 1.82) is 0 Å². The summed E-state index contributed by atoms with van der Waals surface area (Å²) in [6.07, 6.45) is -0.301. The van der Waals surface area contributed by atoms with E-state index in [0.717, 1.165) is 23.3 Å². The normalized spacial score (nSPS) is 18.5. The fourth-order valence-electron chi connectivity index (χ4n) is 2.92. The van der Waals surface area contributed by atoms with Gasteiger partial charge in [-0.25, -0.2) is 8.78 Å². The molecule has 0 aliphatic heterocycles. The lowest BCUT2D eigenvalue weighted by Crippen LogP contribution is -2.41. The van der Waals surface area contributed by atoms with Crippen LogP contribution in [-0.4, -0.2) is 29.6 Å². The lowest BCUT2D eigenvalue weighted by atomic mass is 10.1. The lowest BCUT2D eigenvalue weighted by Gasteiger charge is -2.18. The number of halogens is 2. The van der Waals surface area contributed by atoms with E-state index in [-0.39, 0.29) is 12.1 Å². The van der Waals surface area contributed by atoms with Crippen LogP contribution in [0.2, 0.25) is 0 Å². The maximum Gasteiger partial charge on any atom is 0.251 e. The summed E-state index contributed by atoms with van der Waals surface area (Å²) >= 11 is 0. The molecule has 0 unspecified atom stereocenters. The predicted molar refractivity (Wildman–Crippen MR) is 85.7 cm³/mol. The SMILES string of the molecule is O=C(CNC(=O)c1cc(F)cc(F)c1)N[C@H]1c2ccccc2C[C@H]1O. The lowest BCUT2D eigenvalue weighted by molar-refractivity contribution is -0.121. The van der Waals surface area contributed by atoms with Gasteiger partial charge in [-0.05, 0) is 23.3 Å². The van der Waals surface area contributed by atoms with Crippen molar-refractivity contribution in [2.45, 2.75) is 18.6 Å². The van der Waals surface area contributed by atoms with Crippen molar-refractivity contribution in [2.75, 3.05) is 6.54 Å². The maximum absolute atomic E-state index is 13.1. The molecule has 1 aliphatic carbocycles. The average Bonchev–Trinajstić information content (AvgIpc) is 2.87. The zero-order valence-corrected chi connectivity index (χ0v) is 13.1. The molecule has 0 heterocycles. The maximum atomic E-state index is 13.1. The molecular weight excluding hydrogens is 330 g/mol. The minimum Gasteiger partial charge on any atom is -0.390 e. The fraction of sp³-hybridized carbons (Fsp3) is 0.222. The summed E-state index contributed by atoms with van der Waals surface area (Å²) < 4.78 is 26.2. The van der Waals surface area contributed by atoms with Crippen LogP contribution in [0.4, 0.5) is 8.78 Å². The van der Waals surface area contributed by atoms with E-state index in [1.807, 2.05) is 24.3 Å².